The molecule has 6 heteroatoms. The van der Waals surface area contributed by atoms with E-state index in [-0.39, 0.29) is 0 Å². The summed E-state index contributed by atoms with van der Waals surface area (Å²) in [5.74, 6) is 0. The summed E-state index contributed by atoms with van der Waals surface area (Å²) in [6, 6.07) is 7.75. The molecule has 0 fully saturated rings. The molecule has 0 spiro atoms. The first-order valence-electron chi connectivity index (χ1n) is 4.70. The van der Waals surface area contributed by atoms with Crippen molar-refractivity contribution < 1.29 is 0 Å². The van der Waals surface area contributed by atoms with Crippen molar-refractivity contribution in [3.05, 3.63) is 24.3 Å². The van der Waals surface area contributed by atoms with E-state index in [1.54, 1.807) is 23.1 Å². The van der Waals surface area contributed by atoms with Crippen LogP contribution in [0.2, 0.25) is 0 Å². The van der Waals surface area contributed by atoms with Crippen molar-refractivity contribution in [2.24, 2.45) is 0 Å². The molecule has 0 aliphatic rings. The maximum Gasteiger partial charge on any atom is 0.208 e. The zero-order valence-electron chi connectivity index (χ0n) is 9.04. The second-order valence-electron chi connectivity index (χ2n) is 3.38. The summed E-state index contributed by atoms with van der Waals surface area (Å²) >= 11 is 3.10. The zero-order chi connectivity index (χ0) is 11.5. The minimum Gasteiger partial charge on any atom is -0.398 e. The average molecular weight is 252 g/mol. The number of hydrogen-bond acceptors (Lipinski definition) is 6. The fraction of sp³-hybridized carbons (Fsp3) is 0.200. The lowest BCUT2D eigenvalue weighted by atomic mass is 10.3. The molecular formula is C10H12N4S2. The molecule has 0 unspecified atom stereocenters. The third-order valence-corrected chi connectivity index (χ3v) is 4.13. The number of benzene rings is 1. The molecule has 16 heavy (non-hydrogen) atoms. The van der Waals surface area contributed by atoms with E-state index in [9.17, 15) is 0 Å². The quantitative estimate of drug-likeness (QED) is 0.850. The summed E-state index contributed by atoms with van der Waals surface area (Å²) < 4.78 is 0.904. The van der Waals surface area contributed by atoms with E-state index >= 15 is 0 Å². The third-order valence-electron chi connectivity index (χ3n) is 1.89. The van der Waals surface area contributed by atoms with Crippen molar-refractivity contribution in [2.75, 3.05) is 24.7 Å². The van der Waals surface area contributed by atoms with Crippen molar-refractivity contribution >= 4 is 33.9 Å². The zero-order valence-corrected chi connectivity index (χ0v) is 10.7. The number of nitrogen functional groups attached to an aromatic ring is 1. The Kier molecular flexibility index (Phi) is 3.31. The van der Waals surface area contributed by atoms with E-state index in [0.29, 0.717) is 0 Å². The summed E-state index contributed by atoms with van der Waals surface area (Å²) in [6.07, 6.45) is 0. The van der Waals surface area contributed by atoms with E-state index in [4.69, 9.17) is 5.73 Å². The second-order valence-corrected chi connectivity index (χ2v) is 5.63. The standard InChI is InChI=1S/C10H12N4S2/c1-14(2)9-12-13-10(16-9)15-8-6-4-3-5-7(8)11/h3-6H,11H2,1-2H3. The van der Waals surface area contributed by atoms with Crippen molar-refractivity contribution in [2.45, 2.75) is 9.24 Å². The number of rotatable bonds is 3. The van der Waals surface area contributed by atoms with Crippen molar-refractivity contribution in [3.63, 3.8) is 0 Å². The number of nitrogens with zero attached hydrogens (tertiary/aromatic N) is 3. The van der Waals surface area contributed by atoms with Gasteiger partial charge in [-0.3, -0.25) is 0 Å². The van der Waals surface area contributed by atoms with E-state index in [2.05, 4.69) is 10.2 Å². The highest BCUT2D eigenvalue weighted by molar-refractivity contribution is 8.01. The lowest BCUT2D eigenvalue weighted by Crippen LogP contribution is -2.07. The van der Waals surface area contributed by atoms with Crippen molar-refractivity contribution in [1.82, 2.24) is 10.2 Å². The molecule has 2 aromatic rings. The number of nitrogens with two attached hydrogens (primary N) is 1. The summed E-state index contributed by atoms with van der Waals surface area (Å²) in [7, 11) is 3.90. The predicted octanol–water partition coefficient (Wildman–Crippen LogP) is 2.34. The monoisotopic (exact) mass is 252 g/mol. The Bertz CT molecular complexity index is 481. The molecule has 0 bridgehead atoms. The van der Waals surface area contributed by atoms with Crippen molar-refractivity contribution in [3.8, 4) is 0 Å². The molecule has 2 rings (SSSR count). The van der Waals surface area contributed by atoms with Crippen LogP contribution >= 0.6 is 23.1 Å². The summed E-state index contributed by atoms with van der Waals surface area (Å²) in [4.78, 5) is 2.96. The average Bonchev–Trinajstić information content (AvgIpc) is 2.70. The molecule has 1 aromatic carbocycles. The van der Waals surface area contributed by atoms with Crippen LogP contribution in [0, 0.1) is 0 Å². The van der Waals surface area contributed by atoms with Gasteiger partial charge in [0.15, 0.2) is 4.34 Å². The van der Waals surface area contributed by atoms with Crippen molar-refractivity contribution in [1.29, 1.82) is 0 Å². The van der Waals surface area contributed by atoms with Gasteiger partial charge in [-0.15, -0.1) is 10.2 Å². The van der Waals surface area contributed by atoms with E-state index in [1.807, 2.05) is 43.3 Å². The Morgan fingerprint density at radius 2 is 2.00 bits per heavy atom. The van der Waals surface area contributed by atoms with Gasteiger partial charge in [-0.2, -0.15) is 0 Å². The van der Waals surface area contributed by atoms with Crippen LogP contribution in [0.3, 0.4) is 0 Å². The molecule has 0 saturated carbocycles. The Morgan fingerprint density at radius 1 is 1.25 bits per heavy atom. The molecule has 1 aromatic heterocycles. The Morgan fingerprint density at radius 3 is 2.62 bits per heavy atom. The summed E-state index contributed by atoms with van der Waals surface area (Å²) in [5.41, 5.74) is 6.63. The van der Waals surface area contributed by atoms with Gasteiger partial charge in [0, 0.05) is 24.7 Å². The molecule has 0 saturated heterocycles. The van der Waals surface area contributed by atoms with Gasteiger partial charge in [0.05, 0.1) is 0 Å². The van der Waals surface area contributed by atoms with Gasteiger partial charge in [-0.1, -0.05) is 35.2 Å². The molecule has 1 heterocycles. The molecule has 4 nitrogen and oxygen atoms in total. The number of aromatic nitrogens is 2. The molecule has 0 amide bonds. The molecule has 2 N–H and O–H groups in total. The largest absolute Gasteiger partial charge is 0.398 e. The van der Waals surface area contributed by atoms with Crippen LogP contribution in [0.25, 0.3) is 0 Å². The maximum absolute atomic E-state index is 5.86. The molecular weight excluding hydrogens is 240 g/mol. The Hall–Kier alpha value is -1.27. The van der Waals surface area contributed by atoms with Gasteiger partial charge in [-0.05, 0) is 12.1 Å². The highest BCUT2D eigenvalue weighted by atomic mass is 32.2. The fourth-order valence-electron chi connectivity index (χ4n) is 1.09. The first-order valence-corrected chi connectivity index (χ1v) is 6.33. The molecule has 0 aliphatic carbocycles. The first kappa shape index (κ1) is 11.2. The highest BCUT2D eigenvalue weighted by Crippen LogP contribution is 2.35. The third kappa shape index (κ3) is 2.45. The summed E-state index contributed by atoms with van der Waals surface area (Å²) in [5, 5.41) is 9.08. The van der Waals surface area contributed by atoms with Crippen LogP contribution in [0.4, 0.5) is 10.8 Å². The number of anilines is 2. The van der Waals surface area contributed by atoms with Crippen LogP contribution in [0.15, 0.2) is 33.5 Å². The van der Waals surface area contributed by atoms with Gasteiger partial charge in [0.2, 0.25) is 5.13 Å². The van der Waals surface area contributed by atoms with Crippen LogP contribution < -0.4 is 10.6 Å². The number of hydrogen-bond donors (Lipinski definition) is 1. The number of para-hydroxylation sites is 1. The molecule has 0 atom stereocenters. The van der Waals surface area contributed by atoms with Crippen LogP contribution in [0.1, 0.15) is 0 Å². The Balaban J connectivity index is 2.18. The summed E-state index contributed by atoms with van der Waals surface area (Å²) in [6.45, 7) is 0. The van der Waals surface area contributed by atoms with Gasteiger partial charge >= 0.3 is 0 Å². The van der Waals surface area contributed by atoms with Crippen LogP contribution in [-0.4, -0.2) is 24.3 Å². The van der Waals surface area contributed by atoms with Crippen LogP contribution in [0.5, 0.6) is 0 Å². The van der Waals surface area contributed by atoms with Crippen LogP contribution in [-0.2, 0) is 0 Å². The molecule has 84 valence electrons. The SMILES string of the molecule is CN(C)c1nnc(Sc2ccccc2N)s1. The second kappa shape index (κ2) is 4.71. The lowest BCUT2D eigenvalue weighted by Gasteiger charge is -2.04. The van der Waals surface area contributed by atoms with Gasteiger partial charge in [-0.25, -0.2) is 0 Å². The minimum atomic E-state index is 0.772. The molecule has 0 aliphatic heterocycles. The van der Waals surface area contributed by atoms with E-state index < -0.39 is 0 Å². The topological polar surface area (TPSA) is 55.0 Å². The normalized spacial score (nSPS) is 10.4. The minimum absolute atomic E-state index is 0.772. The smallest absolute Gasteiger partial charge is 0.208 e. The lowest BCUT2D eigenvalue weighted by molar-refractivity contribution is 0.973. The van der Waals surface area contributed by atoms with Gasteiger partial charge < -0.3 is 10.6 Å². The molecule has 0 radical (unpaired) electrons. The van der Waals surface area contributed by atoms with E-state index in [1.165, 1.54) is 0 Å². The fourth-order valence-corrected chi connectivity index (χ4v) is 2.86. The maximum atomic E-state index is 5.86. The Labute approximate surface area is 102 Å². The predicted molar refractivity (Wildman–Crippen MR) is 69.2 cm³/mol. The van der Waals surface area contributed by atoms with E-state index in [0.717, 1.165) is 20.1 Å². The van der Waals surface area contributed by atoms with Gasteiger partial charge in [0.25, 0.3) is 0 Å². The van der Waals surface area contributed by atoms with Gasteiger partial charge in [0.1, 0.15) is 0 Å². The highest BCUT2D eigenvalue weighted by Gasteiger charge is 2.08. The first-order chi connectivity index (χ1) is 7.66.